The van der Waals surface area contributed by atoms with Crippen molar-refractivity contribution >= 4 is 23.5 Å². The van der Waals surface area contributed by atoms with Crippen molar-refractivity contribution in [2.45, 2.75) is 25.2 Å². The van der Waals surface area contributed by atoms with Crippen molar-refractivity contribution in [2.24, 2.45) is 7.05 Å². The second-order valence-corrected chi connectivity index (χ2v) is 6.11. The minimum absolute atomic E-state index is 0.00587. The van der Waals surface area contributed by atoms with Crippen LogP contribution in [0.2, 0.25) is 0 Å². The number of hydrogen-bond acceptors (Lipinski definition) is 5. The fourth-order valence-corrected chi connectivity index (χ4v) is 2.40. The summed E-state index contributed by atoms with van der Waals surface area (Å²) in [7, 11) is 0.607. The van der Waals surface area contributed by atoms with Gasteiger partial charge in [-0.2, -0.15) is 45.5 Å². The van der Waals surface area contributed by atoms with Gasteiger partial charge in [-0.05, 0) is 12.1 Å². The van der Waals surface area contributed by atoms with Crippen LogP contribution in [0.25, 0.3) is 0 Å². The highest BCUT2D eigenvalue weighted by Crippen LogP contribution is 2.49. The maximum absolute atomic E-state index is 13.7. The fraction of sp³-hybridized carbons (Fsp3) is 0.312. The van der Waals surface area contributed by atoms with E-state index in [1.54, 1.807) is 11.4 Å². The Balaban J connectivity index is 2.58. The molecular formula is C16H10F8N6O2. The topological polar surface area (TPSA) is 113 Å². The third-order valence-corrected chi connectivity index (χ3v) is 3.76. The molecule has 0 aliphatic carbocycles. The van der Waals surface area contributed by atoms with E-state index < -0.39 is 58.7 Å². The number of nitrogens with zero attached hydrogens (tertiary/aromatic N) is 4. The van der Waals surface area contributed by atoms with E-state index in [9.17, 15) is 44.7 Å². The Morgan fingerprint density at radius 1 is 1.06 bits per heavy atom. The molecule has 16 heteroatoms. The van der Waals surface area contributed by atoms with Crippen LogP contribution in [0, 0.1) is 11.3 Å². The van der Waals surface area contributed by atoms with Gasteiger partial charge in [0.1, 0.15) is 23.1 Å². The van der Waals surface area contributed by atoms with E-state index in [1.807, 2.05) is 0 Å². The molecule has 2 heterocycles. The summed E-state index contributed by atoms with van der Waals surface area (Å²) in [6.07, 6.45) is -12.2. The summed E-state index contributed by atoms with van der Waals surface area (Å²) in [5.41, 5.74) is -6.07. The minimum atomic E-state index is -6.40. The number of hydrogen-bond donors (Lipinski definition) is 2. The highest BCUT2D eigenvalue weighted by Gasteiger charge is 2.64. The predicted octanol–water partition coefficient (Wildman–Crippen LogP) is 3.57. The van der Waals surface area contributed by atoms with Crippen LogP contribution < -0.4 is 10.6 Å². The zero-order valence-electron chi connectivity index (χ0n) is 15.8. The van der Waals surface area contributed by atoms with Gasteiger partial charge in [-0.25, -0.2) is 4.98 Å². The van der Waals surface area contributed by atoms with E-state index in [2.05, 4.69) is 15.4 Å². The van der Waals surface area contributed by atoms with Gasteiger partial charge in [0.2, 0.25) is 5.91 Å². The molecule has 0 spiro atoms. The average molecular weight is 470 g/mol. The van der Waals surface area contributed by atoms with Gasteiger partial charge in [0.15, 0.2) is 11.5 Å². The second-order valence-electron chi connectivity index (χ2n) is 6.11. The van der Waals surface area contributed by atoms with Crippen molar-refractivity contribution in [3.05, 3.63) is 34.6 Å². The minimum Gasteiger partial charge on any atom is -0.310 e. The van der Waals surface area contributed by atoms with Crippen molar-refractivity contribution in [1.82, 2.24) is 14.8 Å². The Morgan fingerprint density at radius 3 is 2.12 bits per heavy atom. The lowest BCUT2D eigenvalue weighted by atomic mass is 10.1. The molecule has 0 saturated heterocycles. The third-order valence-electron chi connectivity index (χ3n) is 3.76. The van der Waals surface area contributed by atoms with E-state index in [1.165, 1.54) is 0 Å². The average Bonchev–Trinajstić information content (AvgIpc) is 2.97. The summed E-state index contributed by atoms with van der Waals surface area (Å²) < 4.78 is 105. The smallest absolute Gasteiger partial charge is 0.310 e. The van der Waals surface area contributed by atoms with Crippen LogP contribution in [0.15, 0.2) is 12.1 Å². The first-order valence-electron chi connectivity index (χ1n) is 8.10. The van der Waals surface area contributed by atoms with Crippen LogP contribution in [-0.2, 0) is 23.9 Å². The van der Waals surface area contributed by atoms with E-state index in [4.69, 9.17) is 5.26 Å². The SMILES string of the molecule is CC(=O)Nc1nc(C(=O)Nc2c(C(F)(F)F)c(C(F)(F)C(F)(F)F)nn2C)ccc1C#N. The first-order chi connectivity index (χ1) is 14.5. The number of alkyl halides is 8. The molecular weight excluding hydrogens is 460 g/mol. The number of carbonyl (C=O) groups excluding carboxylic acids is 2. The molecule has 8 nitrogen and oxygen atoms in total. The summed E-state index contributed by atoms with van der Waals surface area (Å²) in [5, 5.41) is 15.2. The molecule has 0 fully saturated rings. The van der Waals surface area contributed by atoms with Crippen LogP contribution >= 0.6 is 0 Å². The standard InChI is InChI=1S/C16H10F8N6O2/c1-6(31)26-11-7(5-25)3-4-8(27-11)13(32)28-12-9(15(19,20)21)10(29-30(12)2)14(17,18)16(22,23)24/h3-4H,1-2H3,(H,28,32)(H,26,27,31). The highest BCUT2D eigenvalue weighted by molar-refractivity contribution is 6.03. The van der Waals surface area contributed by atoms with Gasteiger partial charge >= 0.3 is 18.3 Å². The molecule has 0 aliphatic heterocycles. The molecule has 172 valence electrons. The molecule has 0 saturated carbocycles. The number of halogens is 8. The Kier molecular flexibility index (Phi) is 6.17. The number of pyridine rings is 1. The van der Waals surface area contributed by atoms with Crippen molar-refractivity contribution in [3.8, 4) is 6.07 Å². The van der Waals surface area contributed by atoms with Gasteiger partial charge in [0, 0.05) is 14.0 Å². The van der Waals surface area contributed by atoms with Gasteiger partial charge in [-0.15, -0.1) is 0 Å². The van der Waals surface area contributed by atoms with E-state index in [0.717, 1.165) is 19.1 Å². The Morgan fingerprint density at radius 2 is 1.66 bits per heavy atom. The molecule has 0 aliphatic rings. The van der Waals surface area contributed by atoms with Crippen molar-refractivity contribution < 1.29 is 44.7 Å². The lowest BCUT2D eigenvalue weighted by molar-refractivity contribution is -0.292. The third kappa shape index (κ3) is 4.60. The zero-order chi connectivity index (χ0) is 24.6. The molecule has 2 aromatic heterocycles. The van der Waals surface area contributed by atoms with Crippen LogP contribution in [0.3, 0.4) is 0 Å². The van der Waals surface area contributed by atoms with Crippen molar-refractivity contribution in [1.29, 1.82) is 5.26 Å². The Labute approximate surface area is 172 Å². The largest absolute Gasteiger partial charge is 0.459 e. The van der Waals surface area contributed by atoms with Crippen LogP contribution in [0.1, 0.15) is 34.2 Å². The van der Waals surface area contributed by atoms with Crippen LogP contribution in [0.4, 0.5) is 46.8 Å². The molecule has 0 atom stereocenters. The molecule has 2 aromatic rings. The van der Waals surface area contributed by atoms with Crippen LogP contribution in [-0.4, -0.2) is 32.8 Å². The first kappa shape index (κ1) is 24.5. The lowest BCUT2D eigenvalue weighted by Gasteiger charge is -2.19. The first-order valence-corrected chi connectivity index (χ1v) is 8.10. The van der Waals surface area contributed by atoms with Gasteiger partial charge in [0.05, 0.1) is 5.56 Å². The van der Waals surface area contributed by atoms with Crippen molar-refractivity contribution in [2.75, 3.05) is 10.6 Å². The number of rotatable bonds is 4. The van der Waals surface area contributed by atoms with Crippen LogP contribution in [0.5, 0.6) is 0 Å². The quantitative estimate of drug-likeness (QED) is 0.664. The van der Waals surface area contributed by atoms with E-state index in [-0.39, 0.29) is 10.2 Å². The summed E-state index contributed by atoms with van der Waals surface area (Å²) in [6.45, 7) is 1.03. The van der Waals surface area contributed by atoms with Gasteiger partial charge < -0.3 is 10.6 Å². The highest BCUT2D eigenvalue weighted by atomic mass is 19.4. The number of nitrogens with one attached hydrogen (secondary N) is 2. The van der Waals surface area contributed by atoms with E-state index >= 15 is 0 Å². The molecule has 0 bridgehead atoms. The Bertz CT molecular complexity index is 1110. The molecule has 2 rings (SSSR count). The summed E-state index contributed by atoms with van der Waals surface area (Å²) in [6, 6.07) is 3.46. The van der Waals surface area contributed by atoms with Crippen molar-refractivity contribution in [3.63, 3.8) is 0 Å². The number of nitriles is 1. The summed E-state index contributed by atoms with van der Waals surface area (Å²) >= 11 is 0. The lowest BCUT2D eigenvalue weighted by Crippen LogP contribution is -2.36. The molecule has 2 amide bonds. The molecule has 0 radical (unpaired) electrons. The summed E-state index contributed by atoms with van der Waals surface area (Å²) in [4.78, 5) is 27.1. The number of anilines is 2. The second kappa shape index (κ2) is 8.05. The summed E-state index contributed by atoms with van der Waals surface area (Å²) in [5.74, 6) is -10.1. The normalized spacial score (nSPS) is 12.3. The monoisotopic (exact) mass is 470 g/mol. The predicted molar refractivity (Wildman–Crippen MR) is 89.4 cm³/mol. The van der Waals surface area contributed by atoms with E-state index in [0.29, 0.717) is 7.05 Å². The number of aryl methyl sites for hydroxylation is 1. The van der Waals surface area contributed by atoms with Gasteiger partial charge in [-0.1, -0.05) is 0 Å². The number of aromatic nitrogens is 3. The van der Waals surface area contributed by atoms with Gasteiger partial charge in [0.25, 0.3) is 5.91 Å². The maximum atomic E-state index is 13.7. The maximum Gasteiger partial charge on any atom is 0.459 e. The fourth-order valence-electron chi connectivity index (χ4n) is 2.40. The molecule has 2 N–H and O–H groups in total. The molecule has 32 heavy (non-hydrogen) atoms. The number of amides is 2. The zero-order valence-corrected chi connectivity index (χ0v) is 15.8. The van der Waals surface area contributed by atoms with Gasteiger partial charge in [-0.3, -0.25) is 14.3 Å². The Hall–Kier alpha value is -3.77. The number of carbonyl (C=O) groups is 2. The molecule has 0 unspecified atom stereocenters. The molecule has 0 aromatic carbocycles.